The molecule has 106 valence electrons. The van der Waals surface area contributed by atoms with E-state index in [0.29, 0.717) is 30.9 Å². The zero-order valence-electron chi connectivity index (χ0n) is 11.9. The van der Waals surface area contributed by atoms with E-state index in [-0.39, 0.29) is 0 Å². The number of pyridine rings is 1. The highest BCUT2D eigenvalue weighted by Crippen LogP contribution is 2.14. The first-order chi connectivity index (χ1) is 9.71. The zero-order chi connectivity index (χ0) is 14.4. The summed E-state index contributed by atoms with van der Waals surface area (Å²) in [5.74, 6) is 1.71. The van der Waals surface area contributed by atoms with Crippen molar-refractivity contribution in [2.75, 3.05) is 19.0 Å². The summed E-state index contributed by atoms with van der Waals surface area (Å²) in [6, 6.07) is 5.59. The minimum Gasteiger partial charge on any atom is -0.481 e. The van der Waals surface area contributed by atoms with Crippen LogP contribution in [0.5, 0.6) is 11.8 Å². The summed E-state index contributed by atoms with van der Waals surface area (Å²) in [4.78, 5) is 12.7. The van der Waals surface area contributed by atoms with Crippen LogP contribution in [0.25, 0.3) is 0 Å². The van der Waals surface area contributed by atoms with Crippen LogP contribution in [0.15, 0.2) is 24.4 Å². The molecule has 0 bridgehead atoms. The molecule has 0 aliphatic heterocycles. The lowest BCUT2D eigenvalue weighted by Gasteiger charge is -2.09. The molecule has 0 fully saturated rings. The minimum atomic E-state index is 0.546. The third-order valence-corrected chi connectivity index (χ3v) is 2.58. The molecule has 0 aliphatic carbocycles. The summed E-state index contributed by atoms with van der Waals surface area (Å²) in [5, 5.41) is 3.17. The highest BCUT2D eigenvalue weighted by molar-refractivity contribution is 5.32. The number of aromatic nitrogens is 3. The number of ether oxygens (including phenoxy) is 2. The van der Waals surface area contributed by atoms with E-state index in [0.717, 1.165) is 11.3 Å². The van der Waals surface area contributed by atoms with Crippen molar-refractivity contribution in [2.45, 2.75) is 20.4 Å². The highest BCUT2D eigenvalue weighted by atomic mass is 16.5. The summed E-state index contributed by atoms with van der Waals surface area (Å²) in [6.45, 7) is 5.00. The van der Waals surface area contributed by atoms with Crippen LogP contribution < -0.4 is 14.8 Å². The lowest BCUT2D eigenvalue weighted by atomic mass is 10.2. The smallest absolute Gasteiger partial charge is 0.226 e. The van der Waals surface area contributed by atoms with Gasteiger partial charge < -0.3 is 14.8 Å². The highest BCUT2D eigenvalue weighted by Gasteiger charge is 2.03. The maximum absolute atomic E-state index is 5.39. The van der Waals surface area contributed by atoms with E-state index in [2.05, 4.69) is 20.3 Å². The molecular weight excluding hydrogens is 256 g/mol. The molecule has 0 aromatic carbocycles. The van der Waals surface area contributed by atoms with Gasteiger partial charge in [-0.05, 0) is 25.5 Å². The second-order valence-corrected chi connectivity index (χ2v) is 4.16. The van der Waals surface area contributed by atoms with Crippen LogP contribution in [0.3, 0.4) is 0 Å². The molecule has 0 spiro atoms. The van der Waals surface area contributed by atoms with Gasteiger partial charge in [0, 0.05) is 30.6 Å². The van der Waals surface area contributed by atoms with Crippen molar-refractivity contribution in [1.29, 1.82) is 0 Å². The molecule has 2 aromatic rings. The Kier molecular flexibility index (Phi) is 4.70. The largest absolute Gasteiger partial charge is 0.481 e. The lowest BCUT2D eigenvalue weighted by Crippen LogP contribution is -2.06. The average molecular weight is 274 g/mol. The van der Waals surface area contributed by atoms with Gasteiger partial charge in [0.1, 0.15) is 0 Å². The maximum Gasteiger partial charge on any atom is 0.226 e. The lowest BCUT2D eigenvalue weighted by molar-refractivity contribution is 0.326. The molecule has 0 aliphatic rings. The first kappa shape index (κ1) is 14.0. The molecule has 6 heteroatoms. The molecule has 2 heterocycles. The molecule has 0 saturated heterocycles. The predicted octanol–water partition coefficient (Wildman–Crippen LogP) is 2.20. The first-order valence-corrected chi connectivity index (χ1v) is 6.42. The standard InChI is InChI=1S/C14H18N4O2/c1-4-20-13-7-10(2)17-14(18-13)16-9-11-5-6-15-12(8-11)19-3/h5-8H,4,9H2,1-3H3,(H,16,17,18). The molecule has 0 amide bonds. The Morgan fingerprint density at radius 1 is 1.20 bits per heavy atom. The summed E-state index contributed by atoms with van der Waals surface area (Å²) < 4.78 is 10.5. The Morgan fingerprint density at radius 3 is 2.80 bits per heavy atom. The number of hydrogen-bond acceptors (Lipinski definition) is 6. The first-order valence-electron chi connectivity index (χ1n) is 6.42. The molecule has 0 radical (unpaired) electrons. The van der Waals surface area contributed by atoms with Crippen LogP contribution in [0.2, 0.25) is 0 Å². The minimum absolute atomic E-state index is 0.546. The third-order valence-electron chi connectivity index (χ3n) is 2.58. The molecule has 20 heavy (non-hydrogen) atoms. The van der Waals surface area contributed by atoms with Crippen molar-refractivity contribution in [2.24, 2.45) is 0 Å². The number of rotatable bonds is 6. The average Bonchev–Trinajstić information content (AvgIpc) is 2.45. The summed E-state index contributed by atoms with van der Waals surface area (Å²) in [7, 11) is 1.59. The Morgan fingerprint density at radius 2 is 2.05 bits per heavy atom. The van der Waals surface area contributed by atoms with E-state index in [1.54, 1.807) is 13.3 Å². The molecule has 2 aromatic heterocycles. The molecule has 0 atom stereocenters. The Labute approximate surface area is 118 Å². The predicted molar refractivity (Wildman–Crippen MR) is 76.1 cm³/mol. The van der Waals surface area contributed by atoms with Crippen LogP contribution in [-0.2, 0) is 6.54 Å². The number of nitrogens with zero attached hydrogens (tertiary/aromatic N) is 3. The van der Waals surface area contributed by atoms with Gasteiger partial charge in [-0.15, -0.1) is 0 Å². The van der Waals surface area contributed by atoms with E-state index >= 15 is 0 Å². The Hall–Kier alpha value is -2.37. The van der Waals surface area contributed by atoms with Crippen molar-refractivity contribution in [3.05, 3.63) is 35.7 Å². The van der Waals surface area contributed by atoms with Gasteiger partial charge in [-0.3, -0.25) is 0 Å². The van der Waals surface area contributed by atoms with Crippen molar-refractivity contribution in [1.82, 2.24) is 15.0 Å². The van der Waals surface area contributed by atoms with Crippen LogP contribution in [0, 0.1) is 6.92 Å². The van der Waals surface area contributed by atoms with Crippen molar-refractivity contribution in [3.63, 3.8) is 0 Å². The van der Waals surface area contributed by atoms with Crippen LogP contribution in [-0.4, -0.2) is 28.7 Å². The summed E-state index contributed by atoms with van der Waals surface area (Å²) >= 11 is 0. The van der Waals surface area contributed by atoms with Gasteiger partial charge in [-0.25, -0.2) is 9.97 Å². The molecule has 0 unspecified atom stereocenters. The van der Waals surface area contributed by atoms with E-state index in [4.69, 9.17) is 9.47 Å². The second-order valence-electron chi connectivity index (χ2n) is 4.16. The van der Waals surface area contributed by atoms with Crippen molar-refractivity contribution < 1.29 is 9.47 Å². The van der Waals surface area contributed by atoms with E-state index in [9.17, 15) is 0 Å². The van der Waals surface area contributed by atoms with Gasteiger partial charge in [-0.2, -0.15) is 4.98 Å². The van der Waals surface area contributed by atoms with Crippen molar-refractivity contribution in [3.8, 4) is 11.8 Å². The fourth-order valence-corrected chi connectivity index (χ4v) is 1.69. The molecule has 6 nitrogen and oxygen atoms in total. The number of anilines is 1. The van der Waals surface area contributed by atoms with E-state index in [1.807, 2.05) is 32.0 Å². The fourth-order valence-electron chi connectivity index (χ4n) is 1.69. The SMILES string of the molecule is CCOc1cc(C)nc(NCc2ccnc(OC)c2)n1. The molecule has 0 saturated carbocycles. The number of aryl methyl sites for hydroxylation is 1. The van der Waals surface area contributed by atoms with Crippen molar-refractivity contribution >= 4 is 5.95 Å². The van der Waals surface area contributed by atoms with Gasteiger partial charge in [-0.1, -0.05) is 0 Å². The number of nitrogens with one attached hydrogen (secondary N) is 1. The zero-order valence-corrected chi connectivity index (χ0v) is 11.9. The molecule has 1 N–H and O–H groups in total. The monoisotopic (exact) mass is 274 g/mol. The van der Waals surface area contributed by atoms with Crippen LogP contribution >= 0.6 is 0 Å². The van der Waals surface area contributed by atoms with Gasteiger partial charge in [0.05, 0.1) is 13.7 Å². The normalized spacial score (nSPS) is 10.2. The molecule has 2 rings (SSSR count). The second kappa shape index (κ2) is 6.70. The van der Waals surface area contributed by atoms with E-state index in [1.165, 1.54) is 0 Å². The van der Waals surface area contributed by atoms with Gasteiger partial charge in [0.2, 0.25) is 17.7 Å². The van der Waals surface area contributed by atoms with E-state index < -0.39 is 0 Å². The molecular formula is C14H18N4O2. The Balaban J connectivity index is 2.06. The van der Waals surface area contributed by atoms with Crippen LogP contribution in [0.4, 0.5) is 5.95 Å². The summed E-state index contributed by atoms with van der Waals surface area (Å²) in [6.07, 6.45) is 1.71. The maximum atomic E-state index is 5.39. The Bertz CT molecular complexity index is 575. The summed E-state index contributed by atoms with van der Waals surface area (Å²) in [5.41, 5.74) is 1.90. The fraction of sp³-hybridized carbons (Fsp3) is 0.357. The van der Waals surface area contributed by atoms with Gasteiger partial charge in [0.25, 0.3) is 0 Å². The number of methoxy groups -OCH3 is 1. The third kappa shape index (κ3) is 3.81. The quantitative estimate of drug-likeness (QED) is 0.871. The number of hydrogen-bond donors (Lipinski definition) is 1. The topological polar surface area (TPSA) is 69.2 Å². The van der Waals surface area contributed by atoms with Gasteiger partial charge in [0.15, 0.2) is 0 Å². The van der Waals surface area contributed by atoms with Crippen LogP contribution in [0.1, 0.15) is 18.2 Å². The van der Waals surface area contributed by atoms with Gasteiger partial charge >= 0.3 is 0 Å².